The van der Waals surface area contributed by atoms with Gasteiger partial charge in [-0.2, -0.15) is 5.26 Å². The highest BCUT2D eigenvalue weighted by Gasteiger charge is 2.28. The van der Waals surface area contributed by atoms with Gasteiger partial charge in [-0.15, -0.1) is 0 Å². The van der Waals surface area contributed by atoms with Crippen LogP contribution in [0.5, 0.6) is 0 Å². The maximum atomic E-state index is 8.77. The average Bonchev–Trinajstić information content (AvgIpc) is 2.38. The molecule has 0 fully saturated rings. The molecule has 0 radical (unpaired) electrons. The summed E-state index contributed by atoms with van der Waals surface area (Å²) in [6.45, 7) is 4.01. The second-order valence-corrected chi connectivity index (χ2v) is 3.45. The van der Waals surface area contributed by atoms with Gasteiger partial charge in [0.1, 0.15) is 0 Å². The molecule has 0 amide bonds. The monoisotopic (exact) mass is 135 g/mol. The number of nitriles is 1. The van der Waals surface area contributed by atoms with E-state index in [-0.39, 0.29) is 5.41 Å². The molecule has 10 heavy (non-hydrogen) atoms. The van der Waals surface area contributed by atoms with Gasteiger partial charge in [-0.25, -0.2) is 0 Å². The van der Waals surface area contributed by atoms with Gasteiger partial charge in [0.15, 0.2) is 0 Å². The van der Waals surface area contributed by atoms with E-state index in [9.17, 15) is 0 Å². The van der Waals surface area contributed by atoms with Gasteiger partial charge in [0.05, 0.1) is 11.5 Å². The minimum atomic E-state index is -0.160. The Morgan fingerprint density at radius 2 is 2.30 bits per heavy atom. The number of hydrogen-bond donors (Lipinski definition) is 0. The smallest absolute Gasteiger partial charge is 0.0690 e. The van der Waals surface area contributed by atoms with Crippen molar-refractivity contribution in [2.24, 2.45) is 11.3 Å². The normalized spacial score (nSPS) is 24.7. The Bertz CT molecular complexity index is 183. The molecular formula is C9H13N. The maximum absolute atomic E-state index is 8.77. The van der Waals surface area contributed by atoms with Crippen LogP contribution in [0.1, 0.15) is 26.7 Å². The predicted molar refractivity (Wildman–Crippen MR) is 41.3 cm³/mol. The molecule has 1 aliphatic rings. The molecule has 0 saturated carbocycles. The molecule has 0 saturated heterocycles. The van der Waals surface area contributed by atoms with Gasteiger partial charge in [-0.05, 0) is 32.6 Å². The third-order valence-electron chi connectivity index (χ3n) is 2.23. The van der Waals surface area contributed by atoms with Crippen molar-refractivity contribution in [2.45, 2.75) is 26.7 Å². The van der Waals surface area contributed by atoms with Crippen LogP contribution in [-0.4, -0.2) is 0 Å². The van der Waals surface area contributed by atoms with Crippen molar-refractivity contribution >= 4 is 0 Å². The fraction of sp³-hybridized carbons (Fsp3) is 0.667. The van der Waals surface area contributed by atoms with E-state index in [1.165, 1.54) is 0 Å². The Morgan fingerprint density at radius 1 is 1.60 bits per heavy atom. The fourth-order valence-corrected chi connectivity index (χ4v) is 1.32. The number of hydrogen-bond acceptors (Lipinski definition) is 1. The molecule has 0 N–H and O–H groups in total. The minimum absolute atomic E-state index is 0.160. The lowest BCUT2D eigenvalue weighted by Crippen LogP contribution is -2.18. The zero-order valence-electron chi connectivity index (χ0n) is 6.59. The zero-order valence-corrected chi connectivity index (χ0v) is 6.59. The summed E-state index contributed by atoms with van der Waals surface area (Å²) in [6.07, 6.45) is 6.64. The molecule has 0 spiro atoms. The molecule has 0 aromatic rings. The molecule has 1 rings (SSSR count). The van der Waals surface area contributed by atoms with Gasteiger partial charge < -0.3 is 0 Å². The highest BCUT2D eigenvalue weighted by Crippen LogP contribution is 2.34. The third-order valence-corrected chi connectivity index (χ3v) is 2.23. The first kappa shape index (κ1) is 7.34. The van der Waals surface area contributed by atoms with Gasteiger partial charge in [-0.3, -0.25) is 0 Å². The number of nitrogens with zero attached hydrogens (tertiary/aromatic N) is 1. The average molecular weight is 135 g/mol. The molecule has 0 aromatic carbocycles. The number of rotatable bonds is 1. The van der Waals surface area contributed by atoms with Gasteiger partial charge in [-0.1, -0.05) is 12.2 Å². The first-order valence-corrected chi connectivity index (χ1v) is 3.75. The van der Waals surface area contributed by atoms with E-state index in [0.717, 1.165) is 12.8 Å². The van der Waals surface area contributed by atoms with Gasteiger partial charge in [0.2, 0.25) is 0 Å². The molecule has 0 bridgehead atoms. The zero-order chi connectivity index (χ0) is 7.61. The second-order valence-electron chi connectivity index (χ2n) is 3.45. The Labute approximate surface area is 62.4 Å². The molecule has 54 valence electrons. The Morgan fingerprint density at radius 3 is 2.70 bits per heavy atom. The summed E-state index contributed by atoms with van der Waals surface area (Å²) in [5.41, 5.74) is -0.160. The van der Waals surface area contributed by atoms with Gasteiger partial charge in [0.25, 0.3) is 0 Å². The summed E-state index contributed by atoms with van der Waals surface area (Å²) in [4.78, 5) is 0. The van der Waals surface area contributed by atoms with Crippen LogP contribution in [0.15, 0.2) is 12.2 Å². The van der Waals surface area contributed by atoms with Crippen molar-refractivity contribution in [2.75, 3.05) is 0 Å². The fourth-order valence-electron chi connectivity index (χ4n) is 1.32. The van der Waals surface area contributed by atoms with E-state index in [1.807, 2.05) is 13.8 Å². The lowest BCUT2D eigenvalue weighted by atomic mass is 9.80. The standard InChI is InChI=1S/C9H13N/c1-9(2,7-10)8-5-3-4-6-8/h3,5,8H,4,6H2,1-2H3. The highest BCUT2D eigenvalue weighted by molar-refractivity contribution is 5.08. The van der Waals surface area contributed by atoms with Gasteiger partial charge >= 0.3 is 0 Å². The van der Waals surface area contributed by atoms with Crippen molar-refractivity contribution in [3.8, 4) is 6.07 Å². The van der Waals surface area contributed by atoms with Crippen LogP contribution in [0.4, 0.5) is 0 Å². The van der Waals surface area contributed by atoms with E-state index in [1.54, 1.807) is 0 Å². The van der Waals surface area contributed by atoms with E-state index in [4.69, 9.17) is 5.26 Å². The second kappa shape index (κ2) is 2.46. The van der Waals surface area contributed by atoms with E-state index >= 15 is 0 Å². The first-order valence-electron chi connectivity index (χ1n) is 3.75. The lowest BCUT2D eigenvalue weighted by molar-refractivity contribution is 0.351. The van der Waals surface area contributed by atoms with Crippen molar-refractivity contribution in [3.63, 3.8) is 0 Å². The summed E-state index contributed by atoms with van der Waals surface area (Å²) < 4.78 is 0. The highest BCUT2D eigenvalue weighted by atomic mass is 14.4. The molecule has 1 nitrogen and oxygen atoms in total. The summed E-state index contributed by atoms with van der Waals surface area (Å²) in [5, 5.41) is 8.77. The summed E-state index contributed by atoms with van der Waals surface area (Å²) in [5.74, 6) is 0.484. The van der Waals surface area contributed by atoms with Crippen molar-refractivity contribution < 1.29 is 0 Å². The molecule has 1 aliphatic carbocycles. The first-order chi connectivity index (χ1) is 4.67. The Hall–Kier alpha value is -0.770. The predicted octanol–water partition coefficient (Wildman–Crippen LogP) is 2.50. The quantitative estimate of drug-likeness (QED) is 0.507. The molecular weight excluding hydrogens is 122 g/mol. The third kappa shape index (κ3) is 1.21. The summed E-state index contributed by atoms with van der Waals surface area (Å²) >= 11 is 0. The van der Waals surface area contributed by atoms with Crippen molar-refractivity contribution in [1.29, 1.82) is 5.26 Å². The summed E-state index contributed by atoms with van der Waals surface area (Å²) in [6, 6.07) is 2.33. The van der Waals surface area contributed by atoms with E-state index < -0.39 is 0 Å². The molecule has 0 aromatic heterocycles. The molecule has 0 aliphatic heterocycles. The lowest BCUT2D eigenvalue weighted by Gasteiger charge is -2.21. The Kier molecular flexibility index (Phi) is 1.80. The van der Waals surface area contributed by atoms with Crippen LogP contribution in [0, 0.1) is 22.7 Å². The van der Waals surface area contributed by atoms with Crippen LogP contribution in [0.25, 0.3) is 0 Å². The topological polar surface area (TPSA) is 23.8 Å². The van der Waals surface area contributed by atoms with Crippen LogP contribution in [-0.2, 0) is 0 Å². The molecule has 0 heterocycles. The van der Waals surface area contributed by atoms with Crippen LogP contribution < -0.4 is 0 Å². The summed E-state index contributed by atoms with van der Waals surface area (Å²) in [7, 11) is 0. The largest absolute Gasteiger partial charge is 0.198 e. The van der Waals surface area contributed by atoms with E-state index in [2.05, 4.69) is 18.2 Å². The van der Waals surface area contributed by atoms with Crippen molar-refractivity contribution in [3.05, 3.63) is 12.2 Å². The SMILES string of the molecule is CC(C)(C#N)C1C=CCC1. The molecule has 1 unspecified atom stereocenters. The van der Waals surface area contributed by atoms with Gasteiger partial charge in [0, 0.05) is 0 Å². The number of allylic oxidation sites excluding steroid dienone is 2. The molecule has 1 heteroatoms. The van der Waals surface area contributed by atoms with E-state index in [0.29, 0.717) is 5.92 Å². The minimum Gasteiger partial charge on any atom is -0.198 e. The van der Waals surface area contributed by atoms with Crippen molar-refractivity contribution in [1.82, 2.24) is 0 Å². The van der Waals surface area contributed by atoms with Crippen LogP contribution in [0.2, 0.25) is 0 Å². The van der Waals surface area contributed by atoms with Crippen LogP contribution in [0.3, 0.4) is 0 Å². The Balaban J connectivity index is 2.65. The maximum Gasteiger partial charge on any atom is 0.0690 e. The molecule has 1 atom stereocenters. The van der Waals surface area contributed by atoms with Crippen LogP contribution >= 0.6 is 0 Å².